The van der Waals surface area contributed by atoms with Gasteiger partial charge >= 0.3 is 0 Å². The lowest BCUT2D eigenvalue weighted by atomic mass is 10.2. The van der Waals surface area contributed by atoms with E-state index in [4.69, 9.17) is 11.6 Å². The van der Waals surface area contributed by atoms with Gasteiger partial charge in [-0.05, 0) is 37.1 Å². The van der Waals surface area contributed by atoms with E-state index in [1.54, 1.807) is 47.0 Å². The second-order valence-corrected chi connectivity index (χ2v) is 7.04. The number of hydrogen-bond donors (Lipinski definition) is 2. The summed E-state index contributed by atoms with van der Waals surface area (Å²) in [5.41, 5.74) is 1.35. The molecule has 138 valence electrons. The van der Waals surface area contributed by atoms with Crippen LogP contribution in [0.5, 0.6) is 0 Å². The predicted octanol–water partition coefficient (Wildman–Crippen LogP) is 3.91. The molecule has 1 saturated carbocycles. The van der Waals surface area contributed by atoms with Gasteiger partial charge in [0.2, 0.25) is 5.82 Å². The Bertz CT molecular complexity index is 1010. The third-order valence-electron chi connectivity index (χ3n) is 4.78. The molecule has 0 saturated heterocycles. The van der Waals surface area contributed by atoms with Crippen molar-refractivity contribution in [3.8, 4) is 0 Å². The van der Waals surface area contributed by atoms with Crippen molar-refractivity contribution in [2.75, 3.05) is 5.32 Å². The molecule has 2 amide bonds. The quantitative estimate of drug-likeness (QED) is 0.718. The number of halogens is 1. The molecule has 0 atom stereocenters. The van der Waals surface area contributed by atoms with Gasteiger partial charge in [0, 0.05) is 12.2 Å². The summed E-state index contributed by atoms with van der Waals surface area (Å²) in [6.07, 6.45) is 5.94. The van der Waals surface area contributed by atoms with E-state index in [-0.39, 0.29) is 23.5 Å². The van der Waals surface area contributed by atoms with E-state index in [0.29, 0.717) is 16.2 Å². The Morgan fingerprint density at radius 1 is 1.04 bits per heavy atom. The number of nitrogens with one attached hydrogen (secondary N) is 2. The van der Waals surface area contributed by atoms with E-state index in [2.05, 4.69) is 15.6 Å². The molecule has 7 heteroatoms. The molecule has 3 aromatic rings. The maximum atomic E-state index is 12.8. The number of amides is 2. The fraction of sp³-hybridized carbons (Fsp3) is 0.250. The molecule has 2 aromatic heterocycles. The van der Waals surface area contributed by atoms with Crippen LogP contribution in [0.15, 0.2) is 48.7 Å². The number of carbonyl (C=O) groups excluding carboxylic acids is 2. The minimum Gasteiger partial charge on any atom is -0.348 e. The molecule has 2 N–H and O–H groups in total. The average Bonchev–Trinajstić information content (AvgIpc) is 3.31. The van der Waals surface area contributed by atoms with Gasteiger partial charge in [0.05, 0.1) is 16.2 Å². The summed E-state index contributed by atoms with van der Waals surface area (Å²) in [5.74, 6) is -0.534. The third kappa shape index (κ3) is 3.53. The highest BCUT2D eigenvalue weighted by Gasteiger charge is 2.24. The van der Waals surface area contributed by atoms with Gasteiger partial charge in [-0.15, -0.1) is 0 Å². The fourth-order valence-electron chi connectivity index (χ4n) is 3.43. The summed E-state index contributed by atoms with van der Waals surface area (Å²) in [6.45, 7) is 0. The van der Waals surface area contributed by atoms with Gasteiger partial charge in [-0.3, -0.25) is 14.0 Å². The van der Waals surface area contributed by atoms with Crippen LogP contribution in [0.1, 0.15) is 46.8 Å². The maximum Gasteiger partial charge on any atom is 0.292 e. The summed E-state index contributed by atoms with van der Waals surface area (Å²) in [4.78, 5) is 29.9. The highest BCUT2D eigenvalue weighted by Crippen LogP contribution is 2.22. The molecular weight excluding hydrogens is 364 g/mol. The van der Waals surface area contributed by atoms with Crippen molar-refractivity contribution in [3.63, 3.8) is 0 Å². The number of carbonyl (C=O) groups is 2. The van der Waals surface area contributed by atoms with Crippen LogP contribution in [0.2, 0.25) is 5.02 Å². The Labute approximate surface area is 161 Å². The number of fused-ring (bicyclic) bond motifs is 1. The molecule has 0 bridgehead atoms. The first kappa shape index (κ1) is 17.5. The lowest BCUT2D eigenvalue weighted by Gasteiger charge is -2.10. The first-order valence-corrected chi connectivity index (χ1v) is 9.35. The second kappa shape index (κ2) is 7.40. The van der Waals surface area contributed by atoms with Crippen LogP contribution < -0.4 is 10.6 Å². The van der Waals surface area contributed by atoms with Crippen LogP contribution in [0, 0.1) is 0 Å². The Kier molecular flexibility index (Phi) is 4.81. The molecule has 0 radical (unpaired) electrons. The topological polar surface area (TPSA) is 75.5 Å². The van der Waals surface area contributed by atoms with E-state index in [1.807, 2.05) is 6.07 Å². The number of aromatic nitrogens is 2. The zero-order valence-corrected chi connectivity index (χ0v) is 15.4. The number of benzene rings is 1. The molecule has 6 nitrogen and oxygen atoms in total. The molecule has 2 heterocycles. The van der Waals surface area contributed by atoms with Gasteiger partial charge < -0.3 is 10.6 Å². The van der Waals surface area contributed by atoms with Crippen molar-refractivity contribution in [1.82, 2.24) is 14.7 Å². The van der Waals surface area contributed by atoms with E-state index in [9.17, 15) is 9.59 Å². The Hall–Kier alpha value is -2.86. The van der Waals surface area contributed by atoms with Crippen LogP contribution in [0.3, 0.4) is 0 Å². The number of pyridine rings is 1. The third-order valence-corrected chi connectivity index (χ3v) is 5.11. The molecular formula is C20H19ClN4O2. The monoisotopic (exact) mass is 382 g/mol. The van der Waals surface area contributed by atoms with Gasteiger partial charge in [0.15, 0.2) is 5.69 Å². The lowest BCUT2D eigenvalue weighted by molar-refractivity contribution is 0.0935. The molecule has 1 fully saturated rings. The minimum absolute atomic E-state index is 0.141. The summed E-state index contributed by atoms with van der Waals surface area (Å²) in [6, 6.07) is 12.5. The maximum absolute atomic E-state index is 12.8. The van der Waals surface area contributed by atoms with Crippen molar-refractivity contribution >= 4 is 34.6 Å². The summed E-state index contributed by atoms with van der Waals surface area (Å²) >= 11 is 6.12. The van der Waals surface area contributed by atoms with Crippen molar-refractivity contribution in [1.29, 1.82) is 0 Å². The molecule has 1 aliphatic rings. The van der Waals surface area contributed by atoms with Gasteiger partial charge in [0.1, 0.15) is 0 Å². The highest BCUT2D eigenvalue weighted by molar-refractivity contribution is 6.33. The molecule has 4 rings (SSSR count). The van der Waals surface area contributed by atoms with Crippen molar-refractivity contribution in [2.45, 2.75) is 31.7 Å². The summed E-state index contributed by atoms with van der Waals surface area (Å²) < 4.78 is 1.62. The fourth-order valence-corrected chi connectivity index (χ4v) is 3.61. The standard InChI is InChI=1S/C20H19ClN4O2/c21-14-9-3-4-10-15(14)23-20(27)18-24-17(16-11-5-6-12-25(16)18)19(26)22-13-7-1-2-8-13/h3-6,9-13H,1-2,7-8H2,(H,22,26)(H,23,27). The van der Waals surface area contributed by atoms with Gasteiger partial charge in [0.25, 0.3) is 11.8 Å². The number of hydrogen-bond acceptors (Lipinski definition) is 3. The SMILES string of the molecule is O=C(NC1CCCC1)c1nc(C(=O)Nc2ccccc2Cl)n2ccccc12. The van der Waals surface area contributed by atoms with Crippen LogP contribution >= 0.6 is 11.6 Å². The van der Waals surface area contributed by atoms with Crippen LogP contribution in [-0.4, -0.2) is 27.2 Å². The van der Waals surface area contributed by atoms with Crippen LogP contribution in [0.4, 0.5) is 5.69 Å². The Balaban J connectivity index is 1.66. The van der Waals surface area contributed by atoms with Gasteiger partial charge in [-0.25, -0.2) is 4.98 Å². The molecule has 1 aliphatic carbocycles. The van der Waals surface area contributed by atoms with E-state index < -0.39 is 5.91 Å². The summed E-state index contributed by atoms with van der Waals surface area (Å²) in [7, 11) is 0. The second-order valence-electron chi connectivity index (χ2n) is 6.63. The smallest absolute Gasteiger partial charge is 0.292 e. The molecule has 1 aromatic carbocycles. The van der Waals surface area contributed by atoms with Crippen LogP contribution in [-0.2, 0) is 0 Å². The van der Waals surface area contributed by atoms with Gasteiger partial charge in [-0.1, -0.05) is 42.6 Å². The minimum atomic E-state index is -0.427. The number of rotatable bonds is 4. The Morgan fingerprint density at radius 2 is 1.78 bits per heavy atom. The van der Waals surface area contributed by atoms with Crippen molar-refractivity contribution in [2.24, 2.45) is 0 Å². The largest absolute Gasteiger partial charge is 0.348 e. The zero-order chi connectivity index (χ0) is 18.8. The first-order valence-electron chi connectivity index (χ1n) is 8.97. The number of anilines is 1. The van der Waals surface area contributed by atoms with Crippen molar-refractivity contribution < 1.29 is 9.59 Å². The number of para-hydroxylation sites is 1. The predicted molar refractivity (Wildman–Crippen MR) is 104 cm³/mol. The lowest BCUT2D eigenvalue weighted by Crippen LogP contribution is -2.33. The van der Waals surface area contributed by atoms with E-state index in [1.165, 1.54) is 0 Å². The van der Waals surface area contributed by atoms with Crippen LogP contribution in [0.25, 0.3) is 5.52 Å². The normalized spacial score (nSPS) is 14.4. The summed E-state index contributed by atoms with van der Waals surface area (Å²) in [5, 5.41) is 6.22. The highest BCUT2D eigenvalue weighted by atomic mass is 35.5. The average molecular weight is 383 g/mol. The molecule has 0 unspecified atom stereocenters. The zero-order valence-electron chi connectivity index (χ0n) is 14.6. The van der Waals surface area contributed by atoms with Crippen molar-refractivity contribution in [3.05, 3.63) is 65.2 Å². The molecule has 27 heavy (non-hydrogen) atoms. The first-order chi connectivity index (χ1) is 13.1. The Morgan fingerprint density at radius 3 is 2.56 bits per heavy atom. The number of imidazole rings is 1. The molecule has 0 spiro atoms. The van der Waals surface area contributed by atoms with E-state index >= 15 is 0 Å². The van der Waals surface area contributed by atoms with Gasteiger partial charge in [-0.2, -0.15) is 0 Å². The van der Waals surface area contributed by atoms with E-state index in [0.717, 1.165) is 25.7 Å². The molecule has 0 aliphatic heterocycles. The number of nitrogens with zero attached hydrogens (tertiary/aromatic N) is 2.